The maximum Gasteiger partial charge on any atom is 0.417 e. The van der Waals surface area contributed by atoms with Gasteiger partial charge in [0.1, 0.15) is 5.82 Å². The molecule has 0 bridgehead atoms. The van der Waals surface area contributed by atoms with Crippen molar-refractivity contribution in [2.75, 3.05) is 48.3 Å². The molecule has 0 saturated carbocycles. The minimum atomic E-state index is -4.42. The highest BCUT2D eigenvalue weighted by atomic mass is 19.4. The number of likely N-dealkylation sites (N-methyl/N-ethyl adjacent to an activating group) is 1. The second-order valence-corrected chi connectivity index (χ2v) is 8.47. The Morgan fingerprint density at radius 3 is 2.19 bits per heavy atom. The number of anilines is 3. The molecule has 36 heavy (non-hydrogen) atoms. The number of hydrogen-bond acceptors (Lipinski definition) is 4. The van der Waals surface area contributed by atoms with E-state index in [0.717, 1.165) is 23.5 Å². The van der Waals surface area contributed by atoms with Crippen LogP contribution in [0.2, 0.25) is 0 Å². The number of nitrogens with one attached hydrogen (secondary N) is 1. The predicted octanol–water partition coefficient (Wildman–Crippen LogP) is 4.66. The van der Waals surface area contributed by atoms with Gasteiger partial charge in [0.25, 0.3) is 0 Å². The summed E-state index contributed by atoms with van der Waals surface area (Å²) in [7, 11) is 1.74. The molecule has 0 aliphatic carbocycles. The van der Waals surface area contributed by atoms with Gasteiger partial charge in [0.05, 0.1) is 12.0 Å². The van der Waals surface area contributed by atoms with Gasteiger partial charge in [-0.1, -0.05) is 30.3 Å². The molecule has 4 rings (SSSR count). The lowest BCUT2D eigenvalue weighted by atomic mass is 10.1. The van der Waals surface area contributed by atoms with Crippen molar-refractivity contribution in [1.82, 2.24) is 9.88 Å². The van der Waals surface area contributed by atoms with Gasteiger partial charge in [0, 0.05) is 50.8 Å². The monoisotopic (exact) mass is 497 g/mol. The third-order valence-electron chi connectivity index (χ3n) is 6.04. The molecule has 10 heteroatoms. The van der Waals surface area contributed by atoms with E-state index >= 15 is 0 Å². The van der Waals surface area contributed by atoms with Gasteiger partial charge >= 0.3 is 12.2 Å². The number of pyridine rings is 1. The molecule has 3 amide bonds. The predicted molar refractivity (Wildman–Crippen MR) is 132 cm³/mol. The van der Waals surface area contributed by atoms with Crippen LogP contribution in [0.3, 0.4) is 0 Å². The second kappa shape index (κ2) is 10.7. The van der Waals surface area contributed by atoms with E-state index in [2.05, 4.69) is 10.3 Å². The van der Waals surface area contributed by atoms with Crippen molar-refractivity contribution < 1.29 is 22.8 Å². The second-order valence-electron chi connectivity index (χ2n) is 8.47. The fourth-order valence-corrected chi connectivity index (χ4v) is 3.88. The van der Waals surface area contributed by atoms with E-state index in [1.54, 1.807) is 41.1 Å². The third kappa shape index (κ3) is 6.12. The molecule has 1 fully saturated rings. The summed E-state index contributed by atoms with van der Waals surface area (Å²) < 4.78 is 38.2. The Kier molecular flexibility index (Phi) is 7.42. The zero-order chi connectivity index (χ0) is 25.7. The number of hydrogen-bond donors (Lipinski definition) is 1. The van der Waals surface area contributed by atoms with Crippen molar-refractivity contribution in [3.63, 3.8) is 0 Å². The number of carbonyl (C=O) groups is 2. The fraction of sp³-hybridized carbons (Fsp3) is 0.269. The molecule has 1 N–H and O–H groups in total. The summed E-state index contributed by atoms with van der Waals surface area (Å²) in [6.07, 6.45) is -3.36. The number of rotatable bonds is 5. The fourth-order valence-electron chi connectivity index (χ4n) is 3.88. The van der Waals surface area contributed by atoms with Gasteiger partial charge in [0.15, 0.2) is 0 Å². The molecule has 188 valence electrons. The summed E-state index contributed by atoms with van der Waals surface area (Å²) in [5.74, 6) is 0.407. The molecule has 1 aromatic heterocycles. The molecule has 0 radical (unpaired) electrons. The van der Waals surface area contributed by atoms with Crippen molar-refractivity contribution in [1.29, 1.82) is 0 Å². The van der Waals surface area contributed by atoms with E-state index in [1.165, 1.54) is 6.07 Å². The minimum Gasteiger partial charge on any atom is -0.353 e. The molecule has 2 aromatic carbocycles. The SMILES string of the molecule is CN(C(=O)Cc1ccc(NC(=O)N2CCN(c3ccc(C(F)(F)F)cn3)CC2)cc1)c1ccccc1. The highest BCUT2D eigenvalue weighted by molar-refractivity contribution is 5.94. The minimum absolute atomic E-state index is 0.0432. The first-order chi connectivity index (χ1) is 17.2. The average molecular weight is 498 g/mol. The van der Waals surface area contributed by atoms with Gasteiger partial charge in [-0.05, 0) is 42.0 Å². The lowest BCUT2D eigenvalue weighted by Gasteiger charge is -2.35. The van der Waals surface area contributed by atoms with E-state index in [1.807, 2.05) is 35.2 Å². The topological polar surface area (TPSA) is 68.8 Å². The van der Waals surface area contributed by atoms with Crippen LogP contribution in [0.15, 0.2) is 72.9 Å². The van der Waals surface area contributed by atoms with Crippen molar-refractivity contribution in [3.05, 3.63) is 84.1 Å². The molecule has 1 aliphatic rings. The molecule has 0 atom stereocenters. The smallest absolute Gasteiger partial charge is 0.353 e. The highest BCUT2D eigenvalue weighted by Crippen LogP contribution is 2.29. The van der Waals surface area contributed by atoms with Gasteiger partial charge < -0.3 is 20.0 Å². The number of aromatic nitrogens is 1. The van der Waals surface area contributed by atoms with Crippen LogP contribution < -0.4 is 15.1 Å². The first-order valence-electron chi connectivity index (χ1n) is 11.5. The quantitative estimate of drug-likeness (QED) is 0.557. The van der Waals surface area contributed by atoms with Gasteiger partial charge in [-0.3, -0.25) is 4.79 Å². The Morgan fingerprint density at radius 2 is 1.61 bits per heavy atom. The number of piperazine rings is 1. The Hall–Kier alpha value is -4.08. The molecule has 7 nitrogen and oxygen atoms in total. The summed E-state index contributed by atoms with van der Waals surface area (Å²) in [6, 6.07) is 18.6. The third-order valence-corrected chi connectivity index (χ3v) is 6.04. The first kappa shape index (κ1) is 25.0. The van der Waals surface area contributed by atoms with Crippen molar-refractivity contribution >= 4 is 29.1 Å². The van der Waals surface area contributed by atoms with E-state index in [4.69, 9.17) is 0 Å². The van der Waals surface area contributed by atoms with Gasteiger partial charge in [-0.2, -0.15) is 13.2 Å². The standard InChI is InChI=1S/C26H26F3N5O2/c1-32(22-5-3-2-4-6-22)24(35)17-19-7-10-21(11-8-19)31-25(36)34-15-13-33(14-16-34)23-12-9-20(18-30-23)26(27,28)29/h2-12,18H,13-17H2,1H3,(H,31,36). The molecule has 3 aromatic rings. The zero-order valence-electron chi connectivity index (χ0n) is 19.7. The molecular weight excluding hydrogens is 471 g/mol. The van der Waals surface area contributed by atoms with Gasteiger partial charge in [-0.25, -0.2) is 9.78 Å². The number of benzene rings is 2. The summed E-state index contributed by atoms with van der Waals surface area (Å²) in [5.41, 5.74) is 1.47. The lowest BCUT2D eigenvalue weighted by molar-refractivity contribution is -0.137. The zero-order valence-corrected chi connectivity index (χ0v) is 19.7. The average Bonchev–Trinajstić information content (AvgIpc) is 2.89. The summed E-state index contributed by atoms with van der Waals surface area (Å²) in [5, 5.41) is 2.85. The number of nitrogens with zero attached hydrogens (tertiary/aromatic N) is 4. The van der Waals surface area contributed by atoms with Crippen LogP contribution in [0.1, 0.15) is 11.1 Å². The van der Waals surface area contributed by atoms with Gasteiger partial charge in [-0.15, -0.1) is 0 Å². The summed E-state index contributed by atoms with van der Waals surface area (Å²) in [6.45, 7) is 1.74. The van der Waals surface area contributed by atoms with Crippen LogP contribution in [0, 0.1) is 0 Å². The maximum atomic E-state index is 12.7. The number of halogens is 3. The number of para-hydroxylation sites is 1. The van der Waals surface area contributed by atoms with E-state index in [0.29, 0.717) is 37.7 Å². The largest absolute Gasteiger partial charge is 0.417 e. The van der Waals surface area contributed by atoms with Crippen LogP contribution in [0.5, 0.6) is 0 Å². The number of amides is 3. The normalized spacial score (nSPS) is 13.9. The van der Waals surface area contributed by atoms with Crippen molar-refractivity contribution in [2.45, 2.75) is 12.6 Å². The summed E-state index contributed by atoms with van der Waals surface area (Å²) in [4.78, 5) is 34.3. The molecule has 1 saturated heterocycles. The highest BCUT2D eigenvalue weighted by Gasteiger charge is 2.31. The Bertz CT molecular complexity index is 1180. The molecular formula is C26H26F3N5O2. The molecule has 2 heterocycles. The van der Waals surface area contributed by atoms with Crippen LogP contribution in [0.4, 0.5) is 35.2 Å². The molecule has 0 unspecified atom stereocenters. The van der Waals surface area contributed by atoms with Crippen LogP contribution in [0.25, 0.3) is 0 Å². The lowest BCUT2D eigenvalue weighted by Crippen LogP contribution is -2.50. The molecule has 1 aliphatic heterocycles. The van der Waals surface area contributed by atoms with Gasteiger partial charge in [0.2, 0.25) is 5.91 Å². The van der Waals surface area contributed by atoms with E-state index in [-0.39, 0.29) is 18.4 Å². The first-order valence-corrected chi connectivity index (χ1v) is 11.5. The Balaban J connectivity index is 1.26. The Labute approximate surface area is 207 Å². The van der Waals surface area contributed by atoms with E-state index in [9.17, 15) is 22.8 Å². The van der Waals surface area contributed by atoms with Crippen molar-refractivity contribution in [3.8, 4) is 0 Å². The van der Waals surface area contributed by atoms with Crippen LogP contribution in [-0.2, 0) is 17.4 Å². The maximum absolute atomic E-state index is 12.7. The number of alkyl halides is 3. The number of urea groups is 1. The van der Waals surface area contributed by atoms with E-state index < -0.39 is 11.7 Å². The van der Waals surface area contributed by atoms with Crippen LogP contribution >= 0.6 is 0 Å². The van der Waals surface area contributed by atoms with Crippen LogP contribution in [-0.4, -0.2) is 55.0 Å². The Morgan fingerprint density at radius 1 is 0.944 bits per heavy atom. The molecule has 0 spiro atoms. The number of carbonyl (C=O) groups excluding carboxylic acids is 2. The van der Waals surface area contributed by atoms with Crippen molar-refractivity contribution in [2.24, 2.45) is 0 Å². The summed E-state index contributed by atoms with van der Waals surface area (Å²) >= 11 is 0.